The number of nitrogens with zero attached hydrogens (tertiary/aromatic N) is 1. The van der Waals surface area contributed by atoms with Gasteiger partial charge in [0.25, 0.3) is 0 Å². The van der Waals surface area contributed by atoms with Crippen LogP contribution in [-0.2, 0) is 9.59 Å². The van der Waals surface area contributed by atoms with Crippen molar-refractivity contribution in [3.05, 3.63) is 0 Å². The van der Waals surface area contributed by atoms with Gasteiger partial charge < -0.3 is 10.0 Å². The first-order valence-electron chi connectivity index (χ1n) is 8.16. The Kier molecular flexibility index (Phi) is 3.74. The number of carboxylic acids is 1. The Hall–Kier alpha value is -1.06. The van der Waals surface area contributed by atoms with E-state index in [9.17, 15) is 14.7 Å². The fraction of sp³-hybridized carbons (Fsp3) is 0.875. The number of rotatable bonds is 2. The minimum atomic E-state index is -0.684. The highest BCUT2D eigenvalue weighted by Gasteiger charge is 2.56. The smallest absolute Gasteiger partial charge is 0.311 e. The van der Waals surface area contributed by atoms with E-state index in [0.717, 1.165) is 44.9 Å². The third kappa shape index (κ3) is 2.23. The van der Waals surface area contributed by atoms with Gasteiger partial charge in [0.05, 0.1) is 5.41 Å². The number of carbonyl (C=O) groups excluding carboxylic acids is 1. The van der Waals surface area contributed by atoms with Crippen molar-refractivity contribution in [2.24, 2.45) is 17.3 Å². The zero-order chi connectivity index (χ0) is 14.2. The van der Waals surface area contributed by atoms with Crippen LogP contribution in [0, 0.1) is 17.3 Å². The lowest BCUT2D eigenvalue weighted by molar-refractivity contribution is -0.149. The summed E-state index contributed by atoms with van der Waals surface area (Å²) in [6.45, 7) is 1.14. The van der Waals surface area contributed by atoms with Crippen LogP contribution in [0.1, 0.15) is 57.8 Å². The van der Waals surface area contributed by atoms with E-state index in [1.165, 1.54) is 12.8 Å². The molecule has 0 unspecified atom stereocenters. The van der Waals surface area contributed by atoms with Crippen LogP contribution in [0.3, 0.4) is 0 Å². The molecule has 0 aromatic heterocycles. The number of fused-ring (bicyclic) bond motifs is 1. The third-order valence-electron chi connectivity index (χ3n) is 5.81. The van der Waals surface area contributed by atoms with Crippen molar-refractivity contribution in [1.29, 1.82) is 0 Å². The second-order valence-corrected chi connectivity index (χ2v) is 6.96. The normalized spacial score (nSPS) is 34.8. The van der Waals surface area contributed by atoms with Gasteiger partial charge in [-0.05, 0) is 31.6 Å². The van der Waals surface area contributed by atoms with Crippen LogP contribution in [0.25, 0.3) is 0 Å². The van der Waals surface area contributed by atoms with Gasteiger partial charge in [0.15, 0.2) is 0 Å². The molecule has 1 amide bonds. The predicted octanol–water partition coefficient (Wildman–Crippen LogP) is 2.67. The number of amides is 1. The lowest BCUT2D eigenvalue weighted by Crippen LogP contribution is -2.39. The van der Waals surface area contributed by atoms with Crippen molar-refractivity contribution in [3.63, 3.8) is 0 Å². The van der Waals surface area contributed by atoms with Gasteiger partial charge in [0, 0.05) is 19.0 Å². The minimum Gasteiger partial charge on any atom is -0.481 e. The van der Waals surface area contributed by atoms with Gasteiger partial charge >= 0.3 is 5.97 Å². The zero-order valence-electron chi connectivity index (χ0n) is 12.1. The van der Waals surface area contributed by atoms with Gasteiger partial charge in [-0.3, -0.25) is 9.59 Å². The van der Waals surface area contributed by atoms with Crippen LogP contribution in [0.2, 0.25) is 0 Å². The molecule has 3 rings (SSSR count). The quantitative estimate of drug-likeness (QED) is 0.791. The van der Waals surface area contributed by atoms with E-state index < -0.39 is 11.4 Å². The van der Waals surface area contributed by atoms with E-state index in [4.69, 9.17) is 0 Å². The highest BCUT2D eigenvalue weighted by Crippen LogP contribution is 2.49. The summed E-state index contributed by atoms with van der Waals surface area (Å²) >= 11 is 0. The molecular weight excluding hydrogens is 254 g/mol. The molecule has 2 aliphatic carbocycles. The van der Waals surface area contributed by atoms with Crippen molar-refractivity contribution in [1.82, 2.24) is 4.90 Å². The molecule has 1 N–H and O–H groups in total. The van der Waals surface area contributed by atoms with Gasteiger partial charge in [-0.1, -0.05) is 32.1 Å². The molecule has 2 atom stereocenters. The van der Waals surface area contributed by atoms with Crippen molar-refractivity contribution in [3.8, 4) is 0 Å². The first-order chi connectivity index (χ1) is 9.63. The standard InChI is InChI=1S/C16H25NO3/c18-14(12-6-3-1-2-4-7-12)17-10-13-8-5-9-16(13,11-17)15(19)20/h12-13H,1-11H2,(H,19,20)/t13-,16+/m0/s1. The fourth-order valence-corrected chi connectivity index (χ4v) is 4.59. The molecule has 4 nitrogen and oxygen atoms in total. The zero-order valence-corrected chi connectivity index (χ0v) is 12.1. The first kappa shape index (κ1) is 13.9. The summed E-state index contributed by atoms with van der Waals surface area (Å²) in [5, 5.41) is 9.59. The molecule has 3 fully saturated rings. The van der Waals surface area contributed by atoms with Gasteiger partial charge in [-0.15, -0.1) is 0 Å². The van der Waals surface area contributed by atoms with E-state index in [1.54, 1.807) is 0 Å². The van der Waals surface area contributed by atoms with Crippen LogP contribution < -0.4 is 0 Å². The summed E-state index contributed by atoms with van der Waals surface area (Å²) in [6.07, 6.45) is 9.51. The molecule has 0 bridgehead atoms. The number of carboxylic acid groups (broad SMARTS) is 1. The van der Waals surface area contributed by atoms with Crippen molar-refractivity contribution >= 4 is 11.9 Å². The Morgan fingerprint density at radius 1 is 1.00 bits per heavy atom. The minimum absolute atomic E-state index is 0.155. The Morgan fingerprint density at radius 3 is 2.30 bits per heavy atom. The predicted molar refractivity (Wildman–Crippen MR) is 75.2 cm³/mol. The summed E-state index contributed by atoms with van der Waals surface area (Å²) in [5.74, 6) is -0.102. The fourth-order valence-electron chi connectivity index (χ4n) is 4.59. The monoisotopic (exact) mass is 279 g/mol. The molecule has 0 aromatic rings. The largest absolute Gasteiger partial charge is 0.481 e. The highest BCUT2D eigenvalue weighted by atomic mass is 16.4. The first-order valence-corrected chi connectivity index (χ1v) is 8.16. The summed E-state index contributed by atoms with van der Waals surface area (Å²) < 4.78 is 0. The summed E-state index contributed by atoms with van der Waals surface area (Å²) in [4.78, 5) is 26.2. The summed E-state index contributed by atoms with van der Waals surface area (Å²) in [7, 11) is 0. The van der Waals surface area contributed by atoms with Crippen molar-refractivity contribution < 1.29 is 14.7 Å². The van der Waals surface area contributed by atoms with E-state index in [2.05, 4.69) is 0 Å². The van der Waals surface area contributed by atoms with Crippen LogP contribution in [0.5, 0.6) is 0 Å². The molecule has 0 aromatic carbocycles. The van der Waals surface area contributed by atoms with Gasteiger partial charge in [0.1, 0.15) is 0 Å². The SMILES string of the molecule is O=C(C1CCCCCC1)N1C[C@@H]2CCC[C@@]2(C(=O)O)C1. The molecular formula is C16H25NO3. The van der Waals surface area contributed by atoms with Crippen LogP contribution in [0.4, 0.5) is 0 Å². The number of hydrogen-bond donors (Lipinski definition) is 1. The lowest BCUT2D eigenvalue weighted by atomic mass is 9.81. The maximum atomic E-state index is 12.7. The second-order valence-electron chi connectivity index (χ2n) is 6.96. The van der Waals surface area contributed by atoms with Crippen molar-refractivity contribution in [2.45, 2.75) is 57.8 Å². The average Bonchev–Trinajstić information content (AvgIpc) is 2.85. The average molecular weight is 279 g/mol. The maximum absolute atomic E-state index is 12.7. The number of carbonyl (C=O) groups is 2. The Labute approximate surface area is 120 Å². The summed E-state index contributed by atoms with van der Waals surface area (Å²) in [5.41, 5.74) is -0.625. The second kappa shape index (κ2) is 5.38. The summed E-state index contributed by atoms with van der Waals surface area (Å²) in [6, 6.07) is 0. The molecule has 1 aliphatic heterocycles. The van der Waals surface area contributed by atoms with Crippen LogP contribution in [-0.4, -0.2) is 35.0 Å². The molecule has 112 valence electrons. The van der Waals surface area contributed by atoms with Gasteiger partial charge in [-0.25, -0.2) is 0 Å². The molecule has 4 heteroatoms. The third-order valence-corrected chi connectivity index (χ3v) is 5.81. The molecule has 3 aliphatic rings. The van der Waals surface area contributed by atoms with E-state index in [-0.39, 0.29) is 17.7 Å². The highest BCUT2D eigenvalue weighted by molar-refractivity contribution is 5.82. The molecule has 2 saturated carbocycles. The van der Waals surface area contributed by atoms with Crippen molar-refractivity contribution in [2.75, 3.05) is 13.1 Å². The Morgan fingerprint density at radius 2 is 1.70 bits per heavy atom. The van der Waals surface area contributed by atoms with Crippen LogP contribution in [0.15, 0.2) is 0 Å². The van der Waals surface area contributed by atoms with E-state index in [0.29, 0.717) is 13.1 Å². The van der Waals surface area contributed by atoms with Gasteiger partial charge in [0.2, 0.25) is 5.91 Å². The molecule has 1 heterocycles. The number of likely N-dealkylation sites (tertiary alicyclic amines) is 1. The Bertz CT molecular complexity index is 401. The van der Waals surface area contributed by atoms with Gasteiger partial charge in [-0.2, -0.15) is 0 Å². The molecule has 1 saturated heterocycles. The van der Waals surface area contributed by atoms with E-state index in [1.807, 2.05) is 4.90 Å². The molecule has 20 heavy (non-hydrogen) atoms. The molecule has 0 spiro atoms. The molecule has 0 radical (unpaired) electrons. The lowest BCUT2D eigenvalue weighted by Gasteiger charge is -2.25. The van der Waals surface area contributed by atoms with Crippen LogP contribution >= 0.6 is 0 Å². The Balaban J connectivity index is 1.70. The number of aliphatic carboxylic acids is 1. The maximum Gasteiger partial charge on any atom is 0.311 e. The number of hydrogen-bond acceptors (Lipinski definition) is 2. The van der Waals surface area contributed by atoms with E-state index >= 15 is 0 Å². The topological polar surface area (TPSA) is 57.6 Å².